The molecule has 0 aliphatic rings. The molecule has 1 N–H and O–H groups in total. The first-order valence-electron chi connectivity index (χ1n) is 6.80. The number of ether oxygens (including phenoxy) is 2. The summed E-state index contributed by atoms with van der Waals surface area (Å²) in [6.07, 6.45) is 0. The average Bonchev–Trinajstić information content (AvgIpc) is 2.41. The van der Waals surface area contributed by atoms with E-state index >= 15 is 0 Å². The summed E-state index contributed by atoms with van der Waals surface area (Å²) in [5.74, 6) is -0.199. The van der Waals surface area contributed by atoms with Gasteiger partial charge in [0.25, 0.3) is 5.91 Å². The fourth-order valence-electron chi connectivity index (χ4n) is 1.56. The summed E-state index contributed by atoms with van der Waals surface area (Å²) in [6, 6.07) is 3.50. The summed E-state index contributed by atoms with van der Waals surface area (Å²) in [7, 11) is 0. The number of hydrogen-bond acceptors (Lipinski definition) is 4. The molecule has 0 unspecified atom stereocenters. The molecule has 5 nitrogen and oxygen atoms in total. The van der Waals surface area contributed by atoms with Crippen LogP contribution in [0.15, 0.2) is 16.6 Å². The fraction of sp³-hybridized carbons (Fsp3) is 0.467. The Balaban J connectivity index is 2.39. The molecule has 0 aliphatic heterocycles. The molecule has 0 radical (unpaired) electrons. The molecule has 0 fully saturated rings. The van der Waals surface area contributed by atoms with Crippen LogP contribution in [0, 0.1) is 12.8 Å². The summed E-state index contributed by atoms with van der Waals surface area (Å²) in [6.45, 7) is 5.69. The highest BCUT2D eigenvalue weighted by molar-refractivity contribution is 9.10. The summed E-state index contributed by atoms with van der Waals surface area (Å²) in [5, 5.41) is 3.05. The maximum atomic E-state index is 11.6. The topological polar surface area (TPSA) is 64.6 Å². The molecule has 122 valence electrons. The van der Waals surface area contributed by atoms with E-state index in [-0.39, 0.29) is 19.1 Å². The molecular formula is C15H19BrClNO4. The lowest BCUT2D eigenvalue weighted by Crippen LogP contribution is -2.32. The summed E-state index contributed by atoms with van der Waals surface area (Å²) >= 11 is 9.36. The summed E-state index contributed by atoms with van der Waals surface area (Å²) < 4.78 is 11.0. The van der Waals surface area contributed by atoms with Gasteiger partial charge >= 0.3 is 5.97 Å². The van der Waals surface area contributed by atoms with Crippen molar-refractivity contribution in [2.24, 2.45) is 5.92 Å². The highest BCUT2D eigenvalue weighted by atomic mass is 79.9. The monoisotopic (exact) mass is 391 g/mol. The molecule has 0 aliphatic carbocycles. The first kappa shape index (κ1) is 18.8. The second-order valence-corrected chi connectivity index (χ2v) is 6.50. The number of carbonyl (C=O) groups excluding carboxylic acids is 2. The van der Waals surface area contributed by atoms with Crippen molar-refractivity contribution in [2.75, 3.05) is 19.8 Å². The van der Waals surface area contributed by atoms with E-state index in [1.165, 1.54) is 0 Å². The van der Waals surface area contributed by atoms with Crippen LogP contribution in [0.1, 0.15) is 19.4 Å². The van der Waals surface area contributed by atoms with Crippen molar-refractivity contribution in [1.29, 1.82) is 0 Å². The number of amides is 1. The zero-order chi connectivity index (χ0) is 16.7. The fourth-order valence-corrected chi connectivity index (χ4v) is 2.58. The lowest BCUT2D eigenvalue weighted by Gasteiger charge is -2.11. The van der Waals surface area contributed by atoms with Crippen molar-refractivity contribution in [3.63, 3.8) is 0 Å². The van der Waals surface area contributed by atoms with Crippen molar-refractivity contribution in [2.45, 2.75) is 20.8 Å². The SMILES string of the molecule is Cc1cc(Br)cc(Cl)c1OCC(=O)OCC(=O)NCC(C)C. The largest absolute Gasteiger partial charge is 0.480 e. The zero-order valence-corrected chi connectivity index (χ0v) is 15.1. The zero-order valence-electron chi connectivity index (χ0n) is 12.7. The molecule has 1 aromatic carbocycles. The Morgan fingerprint density at radius 3 is 2.59 bits per heavy atom. The van der Waals surface area contributed by atoms with Gasteiger partial charge in [-0.05, 0) is 30.5 Å². The van der Waals surface area contributed by atoms with E-state index in [4.69, 9.17) is 21.1 Å². The van der Waals surface area contributed by atoms with E-state index in [1.807, 2.05) is 26.8 Å². The van der Waals surface area contributed by atoms with Crippen molar-refractivity contribution >= 4 is 39.4 Å². The Morgan fingerprint density at radius 2 is 2.00 bits per heavy atom. The lowest BCUT2D eigenvalue weighted by atomic mass is 10.2. The second kappa shape index (κ2) is 9.00. The van der Waals surface area contributed by atoms with E-state index in [2.05, 4.69) is 21.2 Å². The van der Waals surface area contributed by atoms with Crippen LogP contribution in [0.25, 0.3) is 0 Å². The number of rotatable bonds is 7. The number of hydrogen-bond donors (Lipinski definition) is 1. The van der Waals surface area contributed by atoms with Crippen molar-refractivity contribution in [3.05, 3.63) is 27.2 Å². The Bertz CT molecular complexity index is 525. The highest BCUT2D eigenvalue weighted by Crippen LogP contribution is 2.31. The second-order valence-electron chi connectivity index (χ2n) is 5.18. The van der Waals surface area contributed by atoms with Gasteiger partial charge in [-0.3, -0.25) is 4.79 Å². The number of esters is 1. The molecule has 0 aromatic heterocycles. The van der Waals surface area contributed by atoms with Gasteiger partial charge in [-0.15, -0.1) is 0 Å². The van der Waals surface area contributed by atoms with Gasteiger partial charge in [-0.25, -0.2) is 4.79 Å². The van der Waals surface area contributed by atoms with Crippen LogP contribution in [0.3, 0.4) is 0 Å². The van der Waals surface area contributed by atoms with E-state index < -0.39 is 5.97 Å². The van der Waals surface area contributed by atoms with Gasteiger partial charge in [0.15, 0.2) is 13.2 Å². The molecule has 0 spiro atoms. The first-order chi connectivity index (χ1) is 10.3. The third-order valence-electron chi connectivity index (χ3n) is 2.60. The van der Waals surface area contributed by atoms with Crippen LogP contribution in [0.4, 0.5) is 0 Å². The van der Waals surface area contributed by atoms with E-state index in [9.17, 15) is 9.59 Å². The van der Waals surface area contributed by atoms with Gasteiger partial charge in [0.2, 0.25) is 0 Å². The number of carbonyl (C=O) groups is 2. The maximum Gasteiger partial charge on any atom is 0.344 e. The average molecular weight is 393 g/mol. The maximum absolute atomic E-state index is 11.6. The van der Waals surface area contributed by atoms with Gasteiger partial charge in [0.05, 0.1) is 5.02 Å². The molecule has 0 saturated heterocycles. The number of benzene rings is 1. The van der Waals surface area contributed by atoms with Crippen LogP contribution < -0.4 is 10.1 Å². The number of halogens is 2. The van der Waals surface area contributed by atoms with Crippen LogP contribution in [-0.4, -0.2) is 31.6 Å². The van der Waals surface area contributed by atoms with Gasteiger partial charge in [0, 0.05) is 11.0 Å². The normalized spacial score (nSPS) is 10.5. The number of aryl methyl sites for hydroxylation is 1. The minimum absolute atomic E-state index is 0.306. The standard InChI is InChI=1S/C15H19BrClNO4/c1-9(2)6-18-13(19)7-21-14(20)8-22-15-10(3)4-11(16)5-12(15)17/h4-5,9H,6-8H2,1-3H3,(H,18,19). The Kier molecular flexibility index (Phi) is 7.68. The van der Waals surface area contributed by atoms with Crippen LogP contribution in [0.2, 0.25) is 5.02 Å². The van der Waals surface area contributed by atoms with E-state index in [0.29, 0.717) is 23.2 Å². The molecule has 1 amide bonds. The molecule has 0 bridgehead atoms. The molecule has 0 saturated carbocycles. The molecule has 1 rings (SSSR count). The minimum Gasteiger partial charge on any atom is -0.480 e. The summed E-state index contributed by atoms with van der Waals surface area (Å²) in [4.78, 5) is 23.0. The quantitative estimate of drug-likeness (QED) is 0.724. The first-order valence-corrected chi connectivity index (χ1v) is 7.97. The lowest BCUT2D eigenvalue weighted by molar-refractivity contribution is -0.150. The molecule has 0 atom stereocenters. The smallest absolute Gasteiger partial charge is 0.344 e. The van der Waals surface area contributed by atoms with Gasteiger partial charge in [-0.1, -0.05) is 41.4 Å². The van der Waals surface area contributed by atoms with Crippen molar-refractivity contribution < 1.29 is 19.1 Å². The van der Waals surface area contributed by atoms with Gasteiger partial charge < -0.3 is 14.8 Å². The van der Waals surface area contributed by atoms with Crippen LogP contribution in [-0.2, 0) is 14.3 Å². The van der Waals surface area contributed by atoms with Gasteiger partial charge in [-0.2, -0.15) is 0 Å². The van der Waals surface area contributed by atoms with Crippen LogP contribution in [0.5, 0.6) is 5.75 Å². The molecule has 22 heavy (non-hydrogen) atoms. The third kappa shape index (κ3) is 6.66. The Labute approximate surface area is 143 Å². The third-order valence-corrected chi connectivity index (χ3v) is 3.34. The molecular weight excluding hydrogens is 374 g/mol. The van der Waals surface area contributed by atoms with Crippen molar-refractivity contribution in [1.82, 2.24) is 5.32 Å². The van der Waals surface area contributed by atoms with Crippen molar-refractivity contribution in [3.8, 4) is 5.75 Å². The predicted octanol–water partition coefficient (Wildman–Crippen LogP) is 3.11. The minimum atomic E-state index is -0.627. The predicted molar refractivity (Wildman–Crippen MR) is 88.2 cm³/mol. The molecule has 0 heterocycles. The highest BCUT2D eigenvalue weighted by Gasteiger charge is 2.12. The Hall–Kier alpha value is -1.27. The van der Waals surface area contributed by atoms with Crippen LogP contribution >= 0.6 is 27.5 Å². The van der Waals surface area contributed by atoms with Gasteiger partial charge in [0.1, 0.15) is 5.75 Å². The number of nitrogens with one attached hydrogen (secondary N) is 1. The Morgan fingerprint density at radius 1 is 1.32 bits per heavy atom. The molecule has 1 aromatic rings. The van der Waals surface area contributed by atoms with E-state index in [1.54, 1.807) is 6.07 Å². The van der Waals surface area contributed by atoms with E-state index in [0.717, 1.165) is 10.0 Å². The summed E-state index contributed by atoms with van der Waals surface area (Å²) in [5.41, 5.74) is 0.793. The molecule has 7 heteroatoms.